The highest BCUT2D eigenvalue weighted by Gasteiger charge is 2.26. The van der Waals surface area contributed by atoms with Gasteiger partial charge in [-0.15, -0.1) is 0 Å². The van der Waals surface area contributed by atoms with Gasteiger partial charge in [-0.25, -0.2) is 8.42 Å². The molecule has 9 heteroatoms. The van der Waals surface area contributed by atoms with Crippen molar-refractivity contribution in [1.82, 2.24) is 4.98 Å². The van der Waals surface area contributed by atoms with Crippen LogP contribution >= 0.6 is 23.2 Å². The zero-order valence-electron chi connectivity index (χ0n) is 15.3. The topological polar surface area (TPSA) is 79.4 Å². The van der Waals surface area contributed by atoms with Crippen LogP contribution < -0.4 is 9.62 Å². The number of para-hydroxylation sites is 1. The first-order valence-electron chi connectivity index (χ1n) is 8.63. The molecule has 6 nitrogen and oxygen atoms in total. The molecule has 0 aliphatic heterocycles. The molecule has 0 saturated carbocycles. The fourth-order valence-corrected chi connectivity index (χ4v) is 4.84. The van der Waals surface area contributed by atoms with E-state index in [4.69, 9.17) is 23.2 Å². The van der Waals surface area contributed by atoms with Gasteiger partial charge in [0.25, 0.3) is 15.9 Å². The summed E-state index contributed by atoms with van der Waals surface area (Å²) in [5.41, 5.74) is 0.892. The maximum Gasteiger partial charge on any atom is 0.274 e. The SMILES string of the molecule is CCN(c1ccccc1)S(=O)(=O)c1cc(NC(=O)c2cc(Cl)ccn2)ccc1Cl. The van der Waals surface area contributed by atoms with Gasteiger partial charge in [-0.3, -0.25) is 14.1 Å². The number of aromatic nitrogens is 1. The second-order valence-electron chi connectivity index (χ2n) is 5.96. The largest absolute Gasteiger partial charge is 0.321 e. The van der Waals surface area contributed by atoms with Gasteiger partial charge in [-0.05, 0) is 49.4 Å². The molecule has 0 aliphatic rings. The molecule has 0 aliphatic carbocycles. The van der Waals surface area contributed by atoms with Gasteiger partial charge in [0.05, 0.1) is 10.7 Å². The fourth-order valence-electron chi connectivity index (χ4n) is 2.71. The smallest absolute Gasteiger partial charge is 0.274 e. The summed E-state index contributed by atoms with van der Waals surface area (Å²) in [6.45, 7) is 1.95. The predicted molar refractivity (Wildman–Crippen MR) is 115 cm³/mol. The van der Waals surface area contributed by atoms with Crippen molar-refractivity contribution in [3.63, 3.8) is 0 Å². The zero-order valence-corrected chi connectivity index (χ0v) is 17.7. The Morgan fingerprint density at radius 3 is 2.45 bits per heavy atom. The minimum atomic E-state index is -3.95. The number of anilines is 2. The van der Waals surface area contributed by atoms with Gasteiger partial charge in [0.2, 0.25) is 0 Å². The summed E-state index contributed by atoms with van der Waals surface area (Å²) in [6.07, 6.45) is 1.41. The molecule has 0 saturated heterocycles. The van der Waals surface area contributed by atoms with E-state index in [9.17, 15) is 13.2 Å². The molecule has 0 radical (unpaired) electrons. The summed E-state index contributed by atoms with van der Waals surface area (Å²) < 4.78 is 27.7. The second-order valence-corrected chi connectivity index (χ2v) is 8.64. The Bertz CT molecular complexity index is 1140. The Balaban J connectivity index is 1.95. The van der Waals surface area contributed by atoms with E-state index in [1.165, 1.54) is 34.8 Å². The van der Waals surface area contributed by atoms with Crippen LogP contribution in [0.1, 0.15) is 17.4 Å². The number of pyridine rings is 1. The lowest BCUT2D eigenvalue weighted by Gasteiger charge is -2.23. The first-order valence-corrected chi connectivity index (χ1v) is 10.8. The van der Waals surface area contributed by atoms with Crippen molar-refractivity contribution in [2.45, 2.75) is 11.8 Å². The van der Waals surface area contributed by atoms with Crippen molar-refractivity contribution in [3.8, 4) is 0 Å². The Hall–Kier alpha value is -2.61. The Labute approximate surface area is 179 Å². The van der Waals surface area contributed by atoms with Crippen molar-refractivity contribution in [3.05, 3.63) is 82.6 Å². The van der Waals surface area contributed by atoms with Crippen LogP contribution in [0, 0.1) is 0 Å². The molecule has 1 heterocycles. The van der Waals surface area contributed by atoms with E-state index in [1.807, 2.05) is 0 Å². The van der Waals surface area contributed by atoms with E-state index in [2.05, 4.69) is 10.3 Å². The lowest BCUT2D eigenvalue weighted by atomic mass is 10.3. The highest BCUT2D eigenvalue weighted by Crippen LogP contribution is 2.30. The Morgan fingerprint density at radius 2 is 1.79 bits per heavy atom. The molecule has 0 fully saturated rings. The number of carbonyl (C=O) groups excluding carboxylic acids is 1. The van der Waals surface area contributed by atoms with E-state index in [0.717, 1.165) is 0 Å². The second kappa shape index (κ2) is 8.82. The standard InChI is InChI=1S/C20H17Cl2N3O3S/c1-2-25(16-6-4-3-5-7-16)29(27,28)19-13-15(8-9-17(19)22)24-20(26)18-12-14(21)10-11-23-18/h3-13H,2H2,1H3,(H,24,26). The predicted octanol–water partition coefficient (Wildman–Crippen LogP) is 4.86. The number of sulfonamides is 1. The molecule has 2 aromatic carbocycles. The van der Waals surface area contributed by atoms with Crippen molar-refractivity contribution < 1.29 is 13.2 Å². The van der Waals surface area contributed by atoms with Gasteiger partial charge >= 0.3 is 0 Å². The lowest BCUT2D eigenvalue weighted by Crippen LogP contribution is -2.31. The molecular weight excluding hydrogens is 433 g/mol. The molecular formula is C20H17Cl2N3O3S. The third kappa shape index (κ3) is 4.70. The van der Waals surface area contributed by atoms with Crippen molar-refractivity contribution in [2.24, 2.45) is 0 Å². The summed E-state index contributed by atoms with van der Waals surface area (Å²) in [5, 5.41) is 3.04. The van der Waals surface area contributed by atoms with E-state index in [1.54, 1.807) is 43.3 Å². The van der Waals surface area contributed by atoms with Crippen LogP contribution in [-0.2, 0) is 10.0 Å². The summed E-state index contributed by atoms with van der Waals surface area (Å²) >= 11 is 12.1. The quantitative estimate of drug-likeness (QED) is 0.582. The van der Waals surface area contributed by atoms with Crippen molar-refractivity contribution >= 4 is 50.5 Å². The molecule has 0 bridgehead atoms. The van der Waals surface area contributed by atoms with Crippen molar-refractivity contribution in [2.75, 3.05) is 16.2 Å². The molecule has 3 aromatic rings. The molecule has 1 amide bonds. The van der Waals surface area contributed by atoms with E-state index < -0.39 is 15.9 Å². The molecule has 1 N–H and O–H groups in total. The van der Waals surface area contributed by atoms with Crippen LogP contribution in [0.5, 0.6) is 0 Å². The number of halogens is 2. The molecule has 0 spiro atoms. The molecule has 1 aromatic heterocycles. The van der Waals surface area contributed by atoms with Crippen LogP contribution in [-0.4, -0.2) is 25.9 Å². The monoisotopic (exact) mass is 449 g/mol. The lowest BCUT2D eigenvalue weighted by molar-refractivity contribution is 0.102. The van der Waals surface area contributed by atoms with Gasteiger partial charge in [0.15, 0.2) is 0 Å². The number of amides is 1. The van der Waals surface area contributed by atoms with E-state index in [0.29, 0.717) is 10.7 Å². The number of rotatable bonds is 6. The fraction of sp³-hybridized carbons (Fsp3) is 0.100. The van der Waals surface area contributed by atoms with Crippen LogP contribution in [0.2, 0.25) is 10.0 Å². The molecule has 150 valence electrons. The van der Waals surface area contributed by atoms with Gasteiger partial charge < -0.3 is 5.32 Å². The minimum absolute atomic E-state index is 0.0539. The summed E-state index contributed by atoms with van der Waals surface area (Å²) in [4.78, 5) is 16.2. The summed E-state index contributed by atoms with van der Waals surface area (Å²) in [5.74, 6) is -0.520. The Morgan fingerprint density at radius 1 is 1.07 bits per heavy atom. The van der Waals surface area contributed by atoms with Crippen molar-refractivity contribution in [1.29, 1.82) is 0 Å². The number of benzene rings is 2. The normalized spacial score (nSPS) is 11.1. The summed E-state index contributed by atoms with van der Waals surface area (Å²) in [7, 11) is -3.95. The molecule has 0 unspecified atom stereocenters. The molecule has 0 atom stereocenters. The van der Waals surface area contributed by atoms with Crippen LogP contribution in [0.25, 0.3) is 0 Å². The highest BCUT2D eigenvalue weighted by atomic mass is 35.5. The van der Waals surface area contributed by atoms with Crippen LogP contribution in [0.4, 0.5) is 11.4 Å². The van der Waals surface area contributed by atoms with Gasteiger partial charge in [0.1, 0.15) is 10.6 Å². The van der Waals surface area contributed by atoms with E-state index >= 15 is 0 Å². The first kappa shape index (κ1) is 21.1. The van der Waals surface area contributed by atoms with E-state index in [-0.39, 0.29) is 27.8 Å². The third-order valence-corrected chi connectivity index (χ3v) is 6.66. The molecule has 3 rings (SSSR count). The maximum absolute atomic E-state index is 13.2. The first-order chi connectivity index (χ1) is 13.8. The number of hydrogen-bond acceptors (Lipinski definition) is 4. The van der Waals surface area contributed by atoms with Crippen LogP contribution in [0.15, 0.2) is 71.8 Å². The average Bonchev–Trinajstić information content (AvgIpc) is 2.70. The molecule has 29 heavy (non-hydrogen) atoms. The summed E-state index contributed by atoms with van der Waals surface area (Å²) in [6, 6.07) is 15.9. The zero-order chi connectivity index (χ0) is 21.0. The van der Waals surface area contributed by atoms with Gasteiger partial charge in [0, 0.05) is 23.5 Å². The van der Waals surface area contributed by atoms with Gasteiger partial charge in [-0.1, -0.05) is 41.4 Å². The number of hydrogen-bond donors (Lipinski definition) is 1. The number of nitrogens with one attached hydrogen (secondary N) is 1. The minimum Gasteiger partial charge on any atom is -0.321 e. The Kier molecular flexibility index (Phi) is 6.42. The number of nitrogens with zero attached hydrogens (tertiary/aromatic N) is 2. The number of carbonyl (C=O) groups is 1. The highest BCUT2D eigenvalue weighted by molar-refractivity contribution is 7.93. The maximum atomic E-state index is 13.2. The average molecular weight is 450 g/mol. The van der Waals surface area contributed by atoms with Crippen LogP contribution in [0.3, 0.4) is 0 Å². The van der Waals surface area contributed by atoms with Gasteiger partial charge in [-0.2, -0.15) is 0 Å². The third-order valence-electron chi connectivity index (χ3n) is 4.04.